The molecule has 1 atom stereocenters. The zero-order chi connectivity index (χ0) is 18.5. The number of carbonyl (C=O) groups is 2. The molecule has 2 aromatic carbocycles. The van der Waals surface area contributed by atoms with Gasteiger partial charge in [0.1, 0.15) is 11.8 Å². The predicted octanol–water partition coefficient (Wildman–Crippen LogP) is 3.98. The lowest BCUT2D eigenvalue weighted by Gasteiger charge is -2.24. The Morgan fingerprint density at radius 1 is 1.12 bits per heavy atom. The molecule has 3 rings (SSSR count). The van der Waals surface area contributed by atoms with Crippen LogP contribution in [0.15, 0.2) is 48.5 Å². The molecule has 1 aliphatic heterocycles. The summed E-state index contributed by atoms with van der Waals surface area (Å²) in [5, 5.41) is 6.26. The van der Waals surface area contributed by atoms with Gasteiger partial charge in [-0.05, 0) is 49.2 Å². The van der Waals surface area contributed by atoms with Crippen molar-refractivity contribution in [2.45, 2.75) is 18.9 Å². The first-order valence-electron chi connectivity index (χ1n) is 8.35. The molecule has 7 heteroatoms. The summed E-state index contributed by atoms with van der Waals surface area (Å²) < 4.78 is 5.25. The molecular weight excluding hydrogens is 354 g/mol. The minimum absolute atomic E-state index is 0.208. The number of para-hydroxylation sites is 2. The molecule has 1 heterocycles. The molecule has 0 bridgehead atoms. The van der Waals surface area contributed by atoms with E-state index in [1.807, 2.05) is 12.1 Å². The Bertz CT molecular complexity index is 795. The Hall–Kier alpha value is -2.73. The van der Waals surface area contributed by atoms with Crippen molar-refractivity contribution in [1.29, 1.82) is 0 Å². The van der Waals surface area contributed by atoms with Crippen molar-refractivity contribution in [2.24, 2.45) is 0 Å². The van der Waals surface area contributed by atoms with Crippen molar-refractivity contribution < 1.29 is 14.3 Å². The van der Waals surface area contributed by atoms with E-state index in [4.69, 9.17) is 16.3 Å². The van der Waals surface area contributed by atoms with Gasteiger partial charge in [0.2, 0.25) is 5.91 Å². The summed E-state index contributed by atoms with van der Waals surface area (Å²) in [6.07, 6.45) is 1.40. The predicted molar refractivity (Wildman–Crippen MR) is 102 cm³/mol. The molecule has 1 saturated heterocycles. The number of nitrogens with zero attached hydrogens (tertiary/aromatic N) is 1. The van der Waals surface area contributed by atoms with E-state index in [1.54, 1.807) is 48.4 Å². The van der Waals surface area contributed by atoms with Crippen LogP contribution in [0.2, 0.25) is 5.02 Å². The molecule has 0 radical (unpaired) electrons. The van der Waals surface area contributed by atoms with Crippen LogP contribution in [0.4, 0.5) is 16.2 Å². The SMILES string of the molecule is COc1ccccc1NC(=O)N1CCCC1C(=O)Nc1ccc(Cl)cc1. The number of benzene rings is 2. The molecule has 6 nitrogen and oxygen atoms in total. The van der Waals surface area contributed by atoms with Gasteiger partial charge in [0.25, 0.3) is 0 Å². The van der Waals surface area contributed by atoms with Gasteiger partial charge in [-0.25, -0.2) is 4.79 Å². The normalized spacial score (nSPS) is 16.2. The number of hydrogen-bond donors (Lipinski definition) is 2. The van der Waals surface area contributed by atoms with E-state index in [0.717, 1.165) is 6.42 Å². The lowest BCUT2D eigenvalue weighted by molar-refractivity contribution is -0.119. The Kier molecular flexibility index (Phi) is 5.63. The van der Waals surface area contributed by atoms with Gasteiger partial charge < -0.3 is 20.3 Å². The van der Waals surface area contributed by atoms with Crippen molar-refractivity contribution in [3.63, 3.8) is 0 Å². The van der Waals surface area contributed by atoms with Gasteiger partial charge in [0.15, 0.2) is 0 Å². The van der Waals surface area contributed by atoms with Crippen molar-refractivity contribution in [3.8, 4) is 5.75 Å². The highest BCUT2D eigenvalue weighted by molar-refractivity contribution is 6.30. The average molecular weight is 374 g/mol. The fraction of sp³-hybridized carbons (Fsp3) is 0.263. The van der Waals surface area contributed by atoms with Crippen LogP contribution in [0.3, 0.4) is 0 Å². The molecular formula is C19H20ClN3O3. The molecule has 1 unspecified atom stereocenters. The van der Waals surface area contributed by atoms with E-state index in [9.17, 15) is 9.59 Å². The molecule has 136 valence electrons. The number of carbonyl (C=O) groups excluding carboxylic acids is 2. The highest BCUT2D eigenvalue weighted by Gasteiger charge is 2.34. The number of hydrogen-bond acceptors (Lipinski definition) is 3. The summed E-state index contributed by atoms with van der Waals surface area (Å²) in [4.78, 5) is 26.8. The molecule has 2 N–H and O–H groups in total. The topological polar surface area (TPSA) is 70.7 Å². The average Bonchev–Trinajstić information content (AvgIpc) is 3.14. The maximum Gasteiger partial charge on any atom is 0.322 e. The summed E-state index contributed by atoms with van der Waals surface area (Å²) in [5.74, 6) is 0.363. The quantitative estimate of drug-likeness (QED) is 0.851. The van der Waals surface area contributed by atoms with Crippen LogP contribution in [0.25, 0.3) is 0 Å². The number of ether oxygens (including phenoxy) is 1. The number of nitrogens with one attached hydrogen (secondary N) is 2. The van der Waals surface area contributed by atoms with Crippen LogP contribution in [0.1, 0.15) is 12.8 Å². The number of anilines is 2. The fourth-order valence-electron chi connectivity index (χ4n) is 2.98. The number of methoxy groups -OCH3 is 1. The standard InChI is InChI=1S/C19H20ClN3O3/c1-26-17-7-3-2-5-15(17)22-19(25)23-12-4-6-16(23)18(24)21-14-10-8-13(20)9-11-14/h2-3,5,7-11,16H,4,6,12H2,1H3,(H,21,24)(H,22,25). The van der Waals surface area contributed by atoms with Gasteiger partial charge in [-0.15, -0.1) is 0 Å². The first-order chi connectivity index (χ1) is 12.6. The first kappa shape index (κ1) is 18.1. The van der Waals surface area contributed by atoms with Gasteiger partial charge in [-0.1, -0.05) is 23.7 Å². The molecule has 1 fully saturated rings. The number of urea groups is 1. The summed E-state index contributed by atoms with van der Waals surface area (Å²) in [7, 11) is 1.54. The molecule has 0 spiro atoms. The van der Waals surface area contributed by atoms with Crippen molar-refractivity contribution in [1.82, 2.24) is 4.90 Å². The largest absolute Gasteiger partial charge is 0.495 e. The molecule has 26 heavy (non-hydrogen) atoms. The van der Waals surface area contributed by atoms with E-state index in [1.165, 1.54) is 0 Å². The molecule has 0 aliphatic carbocycles. The maximum absolute atomic E-state index is 12.7. The van der Waals surface area contributed by atoms with Crippen molar-refractivity contribution in [3.05, 3.63) is 53.6 Å². The number of likely N-dealkylation sites (tertiary alicyclic amines) is 1. The van der Waals surface area contributed by atoms with Gasteiger partial charge in [-0.2, -0.15) is 0 Å². The second-order valence-corrected chi connectivity index (χ2v) is 6.41. The lowest BCUT2D eigenvalue weighted by atomic mass is 10.2. The van der Waals surface area contributed by atoms with E-state index in [0.29, 0.717) is 35.1 Å². The molecule has 3 amide bonds. The van der Waals surface area contributed by atoms with Crippen LogP contribution in [0, 0.1) is 0 Å². The Morgan fingerprint density at radius 2 is 1.85 bits per heavy atom. The Labute approximate surface area is 157 Å². The van der Waals surface area contributed by atoms with E-state index >= 15 is 0 Å². The molecule has 0 aromatic heterocycles. The fourth-order valence-corrected chi connectivity index (χ4v) is 3.10. The lowest BCUT2D eigenvalue weighted by Crippen LogP contribution is -2.45. The zero-order valence-corrected chi connectivity index (χ0v) is 15.1. The number of amides is 3. The smallest absolute Gasteiger partial charge is 0.322 e. The highest BCUT2D eigenvalue weighted by Crippen LogP contribution is 2.26. The summed E-state index contributed by atoms with van der Waals surface area (Å²) in [6.45, 7) is 0.527. The summed E-state index contributed by atoms with van der Waals surface area (Å²) >= 11 is 5.86. The summed E-state index contributed by atoms with van der Waals surface area (Å²) in [5.41, 5.74) is 1.22. The minimum Gasteiger partial charge on any atom is -0.495 e. The van der Waals surface area contributed by atoms with Gasteiger partial charge in [0, 0.05) is 17.3 Å². The summed E-state index contributed by atoms with van der Waals surface area (Å²) in [6, 6.07) is 13.2. The zero-order valence-electron chi connectivity index (χ0n) is 14.4. The van der Waals surface area contributed by atoms with Crippen LogP contribution in [0.5, 0.6) is 5.75 Å². The Balaban J connectivity index is 1.67. The van der Waals surface area contributed by atoms with Crippen LogP contribution < -0.4 is 15.4 Å². The third-order valence-electron chi connectivity index (χ3n) is 4.28. The second kappa shape index (κ2) is 8.10. The molecule has 2 aromatic rings. The monoisotopic (exact) mass is 373 g/mol. The maximum atomic E-state index is 12.7. The second-order valence-electron chi connectivity index (χ2n) is 5.98. The van der Waals surface area contributed by atoms with Crippen molar-refractivity contribution >= 4 is 34.9 Å². The highest BCUT2D eigenvalue weighted by atomic mass is 35.5. The van der Waals surface area contributed by atoms with E-state index < -0.39 is 6.04 Å². The van der Waals surface area contributed by atoms with Gasteiger partial charge >= 0.3 is 6.03 Å². The van der Waals surface area contributed by atoms with E-state index in [2.05, 4.69) is 10.6 Å². The van der Waals surface area contributed by atoms with Crippen LogP contribution in [-0.4, -0.2) is 36.5 Å². The number of rotatable bonds is 4. The third kappa shape index (κ3) is 4.08. The van der Waals surface area contributed by atoms with Crippen molar-refractivity contribution in [2.75, 3.05) is 24.3 Å². The Morgan fingerprint density at radius 3 is 2.58 bits per heavy atom. The molecule has 0 saturated carbocycles. The number of halogens is 1. The molecule has 1 aliphatic rings. The third-order valence-corrected chi connectivity index (χ3v) is 4.53. The minimum atomic E-state index is -0.514. The van der Waals surface area contributed by atoms with E-state index in [-0.39, 0.29) is 11.9 Å². The van der Waals surface area contributed by atoms with Crippen LogP contribution >= 0.6 is 11.6 Å². The van der Waals surface area contributed by atoms with Gasteiger partial charge in [-0.3, -0.25) is 4.79 Å². The van der Waals surface area contributed by atoms with Gasteiger partial charge in [0.05, 0.1) is 12.8 Å². The van der Waals surface area contributed by atoms with Crippen LogP contribution in [-0.2, 0) is 4.79 Å². The first-order valence-corrected chi connectivity index (χ1v) is 8.73.